The van der Waals surface area contributed by atoms with E-state index in [2.05, 4.69) is 14.8 Å². The van der Waals surface area contributed by atoms with E-state index in [-0.39, 0.29) is 19.9 Å². The Bertz CT molecular complexity index is 218. The smallest absolute Gasteiger partial charge is 0.304 e. The summed E-state index contributed by atoms with van der Waals surface area (Å²) in [6.45, 7) is 2.36. The van der Waals surface area contributed by atoms with Crippen molar-refractivity contribution in [3.8, 4) is 0 Å². The average Bonchev–Trinajstić information content (AvgIpc) is 2.10. The lowest BCUT2D eigenvalue weighted by atomic mass is 10.6. The van der Waals surface area contributed by atoms with Gasteiger partial charge in [0.25, 0.3) is 0 Å². The lowest BCUT2D eigenvalue weighted by molar-refractivity contribution is -0.148. The van der Waals surface area contributed by atoms with Gasteiger partial charge in [-0.3, -0.25) is 9.59 Å². The van der Waals surface area contributed by atoms with Crippen LogP contribution in [0.2, 0.25) is 0 Å². The molecule has 0 unspecified atom stereocenters. The molecule has 0 heterocycles. The van der Waals surface area contributed by atoms with Gasteiger partial charge in [0.15, 0.2) is 6.73 Å². The second kappa shape index (κ2) is 6.81. The fourth-order valence-corrected chi connectivity index (χ4v) is 0.589. The molecule has 0 aliphatic rings. The number of carbonyl (C=O) groups is 2. The number of hydrogen-bond acceptors (Lipinski definition) is 6. The minimum atomic E-state index is -0.508. The van der Waals surface area contributed by atoms with Gasteiger partial charge in [-0.1, -0.05) is 0 Å². The van der Waals surface area contributed by atoms with Gasteiger partial charge in [-0.05, 0) is 0 Å². The monoisotopic (exact) mass is 204 g/mol. The van der Waals surface area contributed by atoms with Crippen LogP contribution in [-0.4, -0.2) is 36.8 Å². The molecule has 0 amide bonds. The second-order valence-corrected chi connectivity index (χ2v) is 2.42. The Morgan fingerprint density at radius 3 is 2.21 bits per heavy atom. The molecule has 0 N–H and O–H groups in total. The predicted octanol–water partition coefficient (Wildman–Crippen LogP) is 0.0535. The summed E-state index contributed by atoms with van der Waals surface area (Å²) < 4.78 is 9.07. The maximum absolute atomic E-state index is 10.4. The summed E-state index contributed by atoms with van der Waals surface area (Å²) >= 11 is 0. The van der Waals surface area contributed by atoms with Gasteiger partial charge >= 0.3 is 11.9 Å². The first-order valence-electron chi connectivity index (χ1n) is 3.91. The zero-order valence-electron chi connectivity index (χ0n) is 8.06. The highest BCUT2D eigenvalue weighted by molar-refractivity contribution is 5.66. The molecule has 0 bridgehead atoms. The van der Waals surface area contributed by atoms with Gasteiger partial charge in [0, 0.05) is 13.8 Å². The molecule has 0 spiro atoms. The molecule has 0 rings (SSSR count). The third-order valence-corrected chi connectivity index (χ3v) is 1.19. The topological polar surface area (TPSA) is 85.3 Å². The highest BCUT2D eigenvalue weighted by Gasteiger charge is 2.05. The van der Waals surface area contributed by atoms with Crippen molar-refractivity contribution >= 4 is 11.9 Å². The standard InChI is InChI=1S/C7H12N2O5/c1-6(10)13-4-3-9(8-12)5-14-7(2)11/h3-5H2,1-2H3. The molecule has 0 fully saturated rings. The summed E-state index contributed by atoms with van der Waals surface area (Å²) in [7, 11) is 0. The van der Waals surface area contributed by atoms with Gasteiger partial charge in [-0.2, -0.15) is 0 Å². The van der Waals surface area contributed by atoms with Crippen LogP contribution in [0.5, 0.6) is 0 Å². The predicted molar refractivity (Wildman–Crippen MR) is 45.8 cm³/mol. The summed E-state index contributed by atoms with van der Waals surface area (Å²) in [5.41, 5.74) is 0. The number of ether oxygens (including phenoxy) is 2. The van der Waals surface area contributed by atoms with Gasteiger partial charge in [-0.15, -0.1) is 4.91 Å². The van der Waals surface area contributed by atoms with E-state index in [1.165, 1.54) is 13.8 Å². The minimum Gasteiger partial charge on any atom is -0.464 e. The molecule has 0 saturated carbocycles. The van der Waals surface area contributed by atoms with Gasteiger partial charge in [0.1, 0.15) is 6.61 Å². The van der Waals surface area contributed by atoms with Crippen LogP contribution >= 0.6 is 0 Å². The van der Waals surface area contributed by atoms with Crippen LogP contribution in [0.15, 0.2) is 5.29 Å². The van der Waals surface area contributed by atoms with Crippen molar-refractivity contribution in [1.82, 2.24) is 5.01 Å². The van der Waals surface area contributed by atoms with Crippen LogP contribution < -0.4 is 0 Å². The molecule has 0 aromatic carbocycles. The molecule has 0 aromatic heterocycles. The normalized spacial score (nSPS) is 9.00. The van der Waals surface area contributed by atoms with Crippen molar-refractivity contribution in [2.75, 3.05) is 19.9 Å². The van der Waals surface area contributed by atoms with E-state index in [4.69, 9.17) is 0 Å². The van der Waals surface area contributed by atoms with E-state index in [1.54, 1.807) is 0 Å². The van der Waals surface area contributed by atoms with Crippen LogP contribution in [0.3, 0.4) is 0 Å². The molecule has 0 radical (unpaired) electrons. The number of nitrogens with zero attached hydrogens (tertiary/aromatic N) is 2. The first-order valence-corrected chi connectivity index (χ1v) is 3.91. The Kier molecular flexibility index (Phi) is 6.01. The third-order valence-electron chi connectivity index (χ3n) is 1.19. The molecular weight excluding hydrogens is 192 g/mol. The number of carbonyl (C=O) groups excluding carboxylic acids is 2. The highest BCUT2D eigenvalue weighted by atomic mass is 16.6. The van der Waals surface area contributed by atoms with Crippen LogP contribution in [0, 0.1) is 4.91 Å². The molecular formula is C7H12N2O5. The number of hydrogen-bond donors (Lipinski definition) is 0. The van der Waals surface area contributed by atoms with Crippen LogP contribution in [0.4, 0.5) is 0 Å². The number of rotatable bonds is 6. The Hall–Kier alpha value is -1.66. The van der Waals surface area contributed by atoms with Crippen LogP contribution in [0.25, 0.3) is 0 Å². The van der Waals surface area contributed by atoms with Crippen molar-refractivity contribution in [2.45, 2.75) is 13.8 Å². The first kappa shape index (κ1) is 12.3. The van der Waals surface area contributed by atoms with Crippen molar-refractivity contribution in [1.29, 1.82) is 0 Å². The molecule has 7 nitrogen and oxygen atoms in total. The molecule has 80 valence electrons. The molecule has 14 heavy (non-hydrogen) atoms. The molecule has 0 aromatic rings. The fourth-order valence-electron chi connectivity index (χ4n) is 0.589. The van der Waals surface area contributed by atoms with E-state index in [0.717, 1.165) is 5.01 Å². The van der Waals surface area contributed by atoms with Crippen LogP contribution in [0.1, 0.15) is 13.8 Å². The van der Waals surface area contributed by atoms with Crippen LogP contribution in [-0.2, 0) is 19.1 Å². The van der Waals surface area contributed by atoms with E-state index >= 15 is 0 Å². The van der Waals surface area contributed by atoms with Gasteiger partial charge in [0.05, 0.1) is 11.8 Å². The fraction of sp³-hybridized carbons (Fsp3) is 0.714. The SMILES string of the molecule is CC(=O)OCCN(COC(C)=O)N=O. The van der Waals surface area contributed by atoms with E-state index < -0.39 is 11.9 Å². The van der Waals surface area contributed by atoms with Crippen molar-refractivity contribution in [3.05, 3.63) is 4.91 Å². The number of nitroso groups, excluding NO2 is 1. The Morgan fingerprint density at radius 1 is 1.21 bits per heavy atom. The van der Waals surface area contributed by atoms with Crippen molar-refractivity contribution in [3.63, 3.8) is 0 Å². The second-order valence-electron chi connectivity index (χ2n) is 2.42. The zero-order valence-corrected chi connectivity index (χ0v) is 8.06. The molecule has 0 aliphatic carbocycles. The van der Waals surface area contributed by atoms with Crippen molar-refractivity contribution in [2.24, 2.45) is 5.29 Å². The Morgan fingerprint density at radius 2 is 1.79 bits per heavy atom. The summed E-state index contributed by atoms with van der Waals surface area (Å²) in [5.74, 6) is -0.950. The summed E-state index contributed by atoms with van der Waals surface area (Å²) in [5, 5.41) is 3.51. The Labute approximate surface area is 80.9 Å². The summed E-state index contributed by atoms with van der Waals surface area (Å²) in [6.07, 6.45) is 0. The summed E-state index contributed by atoms with van der Waals surface area (Å²) in [6, 6.07) is 0. The first-order chi connectivity index (χ1) is 6.56. The average molecular weight is 204 g/mol. The summed E-state index contributed by atoms with van der Waals surface area (Å²) in [4.78, 5) is 30.9. The maximum Gasteiger partial charge on any atom is 0.304 e. The number of esters is 2. The van der Waals surface area contributed by atoms with Gasteiger partial charge in [0.2, 0.25) is 0 Å². The zero-order chi connectivity index (χ0) is 11.0. The van der Waals surface area contributed by atoms with Gasteiger partial charge < -0.3 is 9.47 Å². The lowest BCUT2D eigenvalue weighted by Crippen LogP contribution is -2.26. The van der Waals surface area contributed by atoms with Crippen molar-refractivity contribution < 1.29 is 19.1 Å². The van der Waals surface area contributed by atoms with E-state index in [0.29, 0.717) is 0 Å². The van der Waals surface area contributed by atoms with E-state index in [9.17, 15) is 14.5 Å². The largest absolute Gasteiger partial charge is 0.464 e. The molecule has 0 aliphatic heterocycles. The third kappa shape index (κ3) is 7.01. The highest BCUT2D eigenvalue weighted by Crippen LogP contribution is 1.91. The van der Waals surface area contributed by atoms with E-state index in [1.807, 2.05) is 0 Å². The molecule has 0 saturated heterocycles. The minimum absolute atomic E-state index is 0.0301. The Balaban J connectivity index is 3.63. The van der Waals surface area contributed by atoms with Gasteiger partial charge in [-0.25, -0.2) is 5.01 Å². The molecule has 7 heteroatoms. The lowest BCUT2D eigenvalue weighted by Gasteiger charge is -2.13. The molecule has 0 atom stereocenters. The quantitative estimate of drug-likeness (QED) is 0.263. The maximum atomic E-state index is 10.4.